The molecule has 5 heteroatoms. The van der Waals surface area contributed by atoms with Crippen LogP contribution in [0.15, 0.2) is 24.7 Å². The number of hydrogen-bond acceptors (Lipinski definition) is 3. The van der Waals surface area contributed by atoms with Crippen molar-refractivity contribution in [2.24, 2.45) is 0 Å². The van der Waals surface area contributed by atoms with Crippen molar-refractivity contribution in [2.45, 2.75) is 26.4 Å². The van der Waals surface area contributed by atoms with Crippen LogP contribution in [0.2, 0.25) is 0 Å². The van der Waals surface area contributed by atoms with E-state index in [1.807, 2.05) is 13.8 Å². The van der Waals surface area contributed by atoms with Crippen molar-refractivity contribution >= 4 is 12.6 Å². The second-order valence-electron chi connectivity index (χ2n) is 4.34. The van der Waals surface area contributed by atoms with Crippen molar-refractivity contribution in [3.05, 3.63) is 36.1 Å². The van der Waals surface area contributed by atoms with E-state index in [-0.39, 0.29) is 5.82 Å². The Kier molecular flexibility index (Phi) is 2.50. The Bertz CT molecular complexity index is 448. The minimum Gasteiger partial charge on any atom is -0.534 e. The van der Waals surface area contributed by atoms with Crippen LogP contribution in [0, 0.1) is 12.7 Å². The van der Waals surface area contributed by atoms with E-state index in [1.165, 1.54) is 6.20 Å². The van der Waals surface area contributed by atoms with E-state index in [0.29, 0.717) is 16.8 Å². The zero-order valence-corrected chi connectivity index (χ0v) is 9.58. The molecule has 0 N–H and O–H groups in total. The number of hydrogen-bond donors (Lipinski definition) is 0. The smallest absolute Gasteiger partial charge is 0.534 e. The molecule has 0 radical (unpaired) electrons. The summed E-state index contributed by atoms with van der Waals surface area (Å²) >= 11 is 0. The molecule has 1 saturated heterocycles. The maximum absolute atomic E-state index is 13.3. The summed E-state index contributed by atoms with van der Waals surface area (Å²) in [5.74, 6) is 0.182. The quantitative estimate of drug-likeness (QED) is 0.674. The van der Waals surface area contributed by atoms with Crippen LogP contribution in [-0.4, -0.2) is 17.7 Å². The van der Waals surface area contributed by atoms with E-state index in [4.69, 9.17) is 9.31 Å². The molecule has 1 fully saturated rings. The Morgan fingerprint density at radius 3 is 2.69 bits per heavy atom. The third-order valence-corrected chi connectivity index (χ3v) is 2.77. The SMILES string of the molecule is C=C1OB(c2cncc(F)c2C)OC1(C)C. The first-order chi connectivity index (χ1) is 7.42. The number of aromatic nitrogens is 1. The lowest BCUT2D eigenvalue weighted by atomic mass is 9.77. The van der Waals surface area contributed by atoms with Gasteiger partial charge in [-0.15, -0.1) is 0 Å². The fourth-order valence-corrected chi connectivity index (χ4v) is 1.51. The molecule has 0 aliphatic carbocycles. The van der Waals surface area contributed by atoms with Gasteiger partial charge in [0.1, 0.15) is 11.4 Å². The Morgan fingerprint density at radius 1 is 1.44 bits per heavy atom. The van der Waals surface area contributed by atoms with Gasteiger partial charge >= 0.3 is 7.12 Å². The average Bonchev–Trinajstić information content (AvgIpc) is 2.46. The summed E-state index contributed by atoms with van der Waals surface area (Å²) in [6.07, 6.45) is 2.73. The van der Waals surface area contributed by atoms with Crippen molar-refractivity contribution in [3.63, 3.8) is 0 Å². The predicted octanol–water partition coefficient (Wildman–Crippen LogP) is 1.56. The summed E-state index contributed by atoms with van der Waals surface area (Å²) in [5, 5.41) is 0. The standard InChI is InChI=1S/C11H13BFNO2/c1-7-9(5-14-6-10(7)13)12-15-8(2)11(3,4)16-12/h5-6H,2H2,1,3-4H3. The number of rotatable bonds is 1. The second-order valence-corrected chi connectivity index (χ2v) is 4.34. The van der Waals surface area contributed by atoms with Crippen LogP contribution < -0.4 is 5.46 Å². The maximum Gasteiger partial charge on any atom is 0.565 e. The van der Waals surface area contributed by atoms with Crippen molar-refractivity contribution in [3.8, 4) is 0 Å². The van der Waals surface area contributed by atoms with Gasteiger partial charge in [0.25, 0.3) is 0 Å². The number of nitrogens with zero attached hydrogens (tertiary/aromatic N) is 1. The fourth-order valence-electron chi connectivity index (χ4n) is 1.51. The van der Waals surface area contributed by atoms with Crippen LogP contribution in [0.1, 0.15) is 19.4 Å². The van der Waals surface area contributed by atoms with Crippen LogP contribution in [-0.2, 0) is 9.31 Å². The third kappa shape index (κ3) is 1.71. The van der Waals surface area contributed by atoms with Crippen molar-refractivity contribution in [2.75, 3.05) is 0 Å². The van der Waals surface area contributed by atoms with E-state index in [1.54, 1.807) is 13.1 Å². The summed E-state index contributed by atoms with van der Waals surface area (Å²) < 4.78 is 24.5. The minimum absolute atomic E-state index is 0.361. The normalized spacial score (nSPS) is 18.8. The van der Waals surface area contributed by atoms with Crippen LogP contribution in [0.25, 0.3) is 0 Å². The van der Waals surface area contributed by atoms with E-state index >= 15 is 0 Å². The van der Waals surface area contributed by atoms with E-state index in [0.717, 1.165) is 0 Å². The van der Waals surface area contributed by atoms with E-state index in [2.05, 4.69) is 11.6 Å². The Balaban J connectivity index is 2.34. The molecule has 2 heterocycles. The average molecular weight is 221 g/mol. The van der Waals surface area contributed by atoms with Crippen molar-refractivity contribution < 1.29 is 13.7 Å². The molecule has 0 aromatic carbocycles. The summed E-state index contributed by atoms with van der Waals surface area (Å²) in [6.45, 7) is 9.16. The molecule has 3 nitrogen and oxygen atoms in total. The van der Waals surface area contributed by atoms with Gasteiger partial charge in [-0.25, -0.2) is 4.39 Å². The molecule has 0 saturated carbocycles. The first-order valence-electron chi connectivity index (χ1n) is 5.05. The fraction of sp³-hybridized carbons (Fsp3) is 0.364. The van der Waals surface area contributed by atoms with Gasteiger partial charge in [-0.05, 0) is 26.3 Å². The molecule has 2 rings (SSSR count). The van der Waals surface area contributed by atoms with E-state index in [9.17, 15) is 4.39 Å². The lowest BCUT2D eigenvalue weighted by Gasteiger charge is -2.15. The van der Waals surface area contributed by atoms with Gasteiger partial charge in [0.2, 0.25) is 0 Å². The first-order valence-corrected chi connectivity index (χ1v) is 5.05. The zero-order valence-electron chi connectivity index (χ0n) is 9.58. The number of halogens is 1. The molecule has 1 aromatic rings. The third-order valence-electron chi connectivity index (χ3n) is 2.77. The molecule has 1 aliphatic rings. The highest BCUT2D eigenvalue weighted by molar-refractivity contribution is 6.62. The summed E-state index contributed by atoms with van der Waals surface area (Å²) in [6, 6.07) is 0. The molecule has 0 spiro atoms. The summed E-state index contributed by atoms with van der Waals surface area (Å²) in [5.41, 5.74) is 0.542. The van der Waals surface area contributed by atoms with Gasteiger partial charge in [-0.1, -0.05) is 6.58 Å². The van der Waals surface area contributed by atoms with Gasteiger partial charge in [-0.3, -0.25) is 4.98 Å². The largest absolute Gasteiger partial charge is 0.565 e. The molecule has 1 aromatic heterocycles. The van der Waals surface area contributed by atoms with Crippen LogP contribution in [0.4, 0.5) is 4.39 Å². The number of pyridine rings is 1. The molecule has 0 unspecified atom stereocenters. The van der Waals surface area contributed by atoms with Gasteiger partial charge in [0.05, 0.1) is 12.0 Å². The van der Waals surface area contributed by atoms with Crippen LogP contribution in [0.5, 0.6) is 0 Å². The van der Waals surface area contributed by atoms with Gasteiger partial charge in [0, 0.05) is 11.7 Å². The molecule has 0 atom stereocenters. The lowest BCUT2D eigenvalue weighted by molar-refractivity contribution is 0.173. The van der Waals surface area contributed by atoms with Crippen molar-refractivity contribution in [1.29, 1.82) is 0 Å². The highest BCUT2D eigenvalue weighted by Gasteiger charge is 2.43. The Hall–Kier alpha value is -1.36. The predicted molar refractivity (Wildman–Crippen MR) is 59.7 cm³/mol. The highest BCUT2D eigenvalue weighted by atomic mass is 19.1. The Morgan fingerprint density at radius 2 is 2.12 bits per heavy atom. The molecule has 84 valence electrons. The molecular formula is C11H13BFNO2. The van der Waals surface area contributed by atoms with Crippen LogP contribution >= 0.6 is 0 Å². The summed E-state index contributed by atoms with van der Waals surface area (Å²) in [4.78, 5) is 3.80. The minimum atomic E-state index is -0.620. The van der Waals surface area contributed by atoms with Crippen LogP contribution in [0.3, 0.4) is 0 Å². The molecule has 0 bridgehead atoms. The monoisotopic (exact) mass is 221 g/mol. The zero-order chi connectivity index (χ0) is 11.9. The van der Waals surface area contributed by atoms with E-state index < -0.39 is 12.7 Å². The molecular weight excluding hydrogens is 208 g/mol. The Labute approximate surface area is 94.4 Å². The first kappa shape index (κ1) is 11.1. The second kappa shape index (κ2) is 3.59. The van der Waals surface area contributed by atoms with Gasteiger partial charge < -0.3 is 9.31 Å². The topological polar surface area (TPSA) is 31.4 Å². The van der Waals surface area contributed by atoms with Crippen molar-refractivity contribution in [1.82, 2.24) is 4.98 Å². The molecule has 1 aliphatic heterocycles. The molecule has 16 heavy (non-hydrogen) atoms. The highest BCUT2D eigenvalue weighted by Crippen LogP contribution is 2.29. The van der Waals surface area contributed by atoms with Gasteiger partial charge in [0.15, 0.2) is 0 Å². The van der Waals surface area contributed by atoms with Gasteiger partial charge in [-0.2, -0.15) is 0 Å². The summed E-state index contributed by atoms with van der Waals surface area (Å²) in [7, 11) is -0.620. The molecule has 0 amide bonds. The maximum atomic E-state index is 13.3. The lowest BCUT2D eigenvalue weighted by Crippen LogP contribution is -2.37.